The number of ether oxygens (including phenoxy) is 1. The van der Waals surface area contributed by atoms with Crippen molar-refractivity contribution in [2.24, 2.45) is 7.05 Å². The highest BCUT2D eigenvalue weighted by Crippen LogP contribution is 2.46. The maximum atomic E-state index is 14.7. The second-order valence-corrected chi connectivity index (χ2v) is 16.9. The summed E-state index contributed by atoms with van der Waals surface area (Å²) in [5.41, 5.74) is -0.289. The molecule has 0 saturated carbocycles. The Morgan fingerprint density at radius 1 is 0.761 bits per heavy atom. The highest BCUT2D eigenvalue weighted by atomic mass is 32.2. The van der Waals surface area contributed by atoms with Crippen molar-refractivity contribution in [2.75, 3.05) is 22.5 Å². The maximum Gasteiger partial charge on any atom is 0.335 e. The SMILES string of the molecule is CCNc1nc(Nc2cc(Nc3ccc4c5c3C(=O)c3ccccc3-c5c(C(=O)c3cccc(SOOO)c3)c(=O)n4C)c(SOOO)cc2S(=O)(=O)O)nc(Oc2ccc(C(=O)O)cc2)n1. The third-order valence-electron chi connectivity index (χ3n) is 10.0. The van der Waals surface area contributed by atoms with Crippen molar-refractivity contribution in [2.45, 2.75) is 21.6 Å². The fraction of sp³-hybridized carbons (Fsp3) is 0.0714. The lowest BCUT2D eigenvalue weighted by Crippen LogP contribution is -2.29. The van der Waals surface area contributed by atoms with Crippen LogP contribution in [0.2, 0.25) is 0 Å². The topological polar surface area (TPSA) is 309 Å². The van der Waals surface area contributed by atoms with Gasteiger partial charge in [-0.15, -0.1) is 8.67 Å². The standard InChI is InChI=1S/C42H31N7O15S3/c1-3-43-40-46-41(48-42(47-40)60-22-13-11-20(12-14-22)39(53)54)45-28-18-27(30(66-64-62-56)19-31(28)67(57,58)59)44-26-15-16-29-34-32(24-9-4-5-10-25(24)37(51)33(26)34)35(38(52)49(29)2)36(50)21-7-6-8-23(17-21)65-63-61-55/h4-19,44,55-56H,3H2,1-2H3,(H,53,54)(H,57,58,59)(H2,43,45,46,47,48). The molecule has 2 aromatic heterocycles. The van der Waals surface area contributed by atoms with Gasteiger partial charge < -0.3 is 30.4 Å². The molecule has 0 saturated heterocycles. The molecule has 22 nitrogen and oxygen atoms in total. The molecule has 67 heavy (non-hydrogen) atoms. The predicted octanol–water partition coefficient (Wildman–Crippen LogP) is 7.68. The number of aromatic carboxylic acids is 1. The van der Waals surface area contributed by atoms with Crippen LogP contribution in [0, 0.1) is 0 Å². The van der Waals surface area contributed by atoms with Gasteiger partial charge in [-0.2, -0.15) is 23.4 Å². The molecule has 0 bridgehead atoms. The smallest absolute Gasteiger partial charge is 0.335 e. The van der Waals surface area contributed by atoms with Crippen LogP contribution in [0.25, 0.3) is 22.0 Å². The van der Waals surface area contributed by atoms with Crippen LogP contribution in [0.3, 0.4) is 0 Å². The van der Waals surface area contributed by atoms with E-state index in [1.54, 1.807) is 37.3 Å². The second-order valence-electron chi connectivity index (χ2n) is 14.0. The van der Waals surface area contributed by atoms with E-state index in [0.717, 1.165) is 6.07 Å². The molecule has 0 radical (unpaired) electrons. The van der Waals surface area contributed by atoms with Crippen molar-refractivity contribution in [3.63, 3.8) is 0 Å². The van der Waals surface area contributed by atoms with Gasteiger partial charge in [0.05, 0.1) is 68.3 Å². The number of pyridine rings is 1. The fourth-order valence-electron chi connectivity index (χ4n) is 7.20. The number of rotatable bonds is 18. The van der Waals surface area contributed by atoms with Crippen molar-refractivity contribution in [1.82, 2.24) is 19.5 Å². The molecule has 1 aliphatic rings. The van der Waals surface area contributed by atoms with Gasteiger partial charge in [-0.3, -0.25) is 18.9 Å². The van der Waals surface area contributed by atoms with Crippen LogP contribution in [-0.4, -0.2) is 72.2 Å². The van der Waals surface area contributed by atoms with Gasteiger partial charge in [0, 0.05) is 40.6 Å². The van der Waals surface area contributed by atoms with Crippen LogP contribution < -0.4 is 26.2 Å². The lowest BCUT2D eigenvalue weighted by atomic mass is 9.80. The zero-order chi connectivity index (χ0) is 47.6. The lowest BCUT2D eigenvalue weighted by molar-refractivity contribution is -0.432. The van der Waals surface area contributed by atoms with E-state index in [2.05, 4.69) is 45.3 Å². The maximum absolute atomic E-state index is 14.7. The van der Waals surface area contributed by atoms with Crippen LogP contribution in [-0.2, 0) is 35.9 Å². The summed E-state index contributed by atoms with van der Waals surface area (Å²) in [5.74, 6) is -2.56. The normalized spacial score (nSPS) is 11.9. The monoisotopic (exact) mass is 969 g/mol. The van der Waals surface area contributed by atoms with Crippen molar-refractivity contribution >= 4 is 91.6 Å². The number of carbonyl (C=O) groups is 3. The Morgan fingerprint density at radius 2 is 1.48 bits per heavy atom. The Bertz CT molecular complexity index is 3320. The van der Waals surface area contributed by atoms with Gasteiger partial charge in [-0.05, 0) is 73.2 Å². The molecule has 0 spiro atoms. The summed E-state index contributed by atoms with van der Waals surface area (Å²) in [6.07, 6.45) is 0. The van der Waals surface area contributed by atoms with Gasteiger partial charge >= 0.3 is 12.0 Å². The summed E-state index contributed by atoms with van der Waals surface area (Å²) < 4.78 is 52.6. The second kappa shape index (κ2) is 19.3. The minimum Gasteiger partial charge on any atom is -0.478 e. The molecule has 25 heteroatoms. The zero-order valence-electron chi connectivity index (χ0n) is 34.2. The van der Waals surface area contributed by atoms with E-state index in [1.165, 1.54) is 72.3 Å². The van der Waals surface area contributed by atoms with Crippen LogP contribution >= 0.6 is 24.1 Å². The van der Waals surface area contributed by atoms with Crippen molar-refractivity contribution in [3.8, 4) is 22.9 Å². The minimum absolute atomic E-state index is 0.00298. The molecular weight excluding hydrogens is 939 g/mol. The van der Waals surface area contributed by atoms with E-state index < -0.39 is 38.1 Å². The number of carboxylic acids is 1. The van der Waals surface area contributed by atoms with Gasteiger partial charge in [0.1, 0.15) is 10.6 Å². The first-order chi connectivity index (χ1) is 32.2. The molecule has 342 valence electrons. The summed E-state index contributed by atoms with van der Waals surface area (Å²) in [6.45, 7) is 2.08. The van der Waals surface area contributed by atoms with E-state index in [9.17, 15) is 37.3 Å². The molecule has 7 aromatic rings. The minimum atomic E-state index is -5.09. The number of anilines is 5. The van der Waals surface area contributed by atoms with Crippen molar-refractivity contribution in [1.29, 1.82) is 0 Å². The number of benzene rings is 5. The van der Waals surface area contributed by atoms with Gasteiger partial charge in [-0.25, -0.2) is 15.3 Å². The third kappa shape index (κ3) is 9.40. The van der Waals surface area contributed by atoms with E-state index in [4.69, 9.17) is 19.6 Å². The summed E-state index contributed by atoms with van der Waals surface area (Å²) in [5, 5.41) is 43.6. The summed E-state index contributed by atoms with van der Waals surface area (Å²) in [4.78, 5) is 67.1. The largest absolute Gasteiger partial charge is 0.478 e. The Kier molecular flexibility index (Phi) is 13.3. The number of hydrogen-bond donors (Lipinski definition) is 7. The van der Waals surface area contributed by atoms with Crippen molar-refractivity contribution in [3.05, 3.63) is 135 Å². The third-order valence-corrected chi connectivity index (χ3v) is 12.1. The Labute approximate surface area is 385 Å². The number of aryl methyl sites for hydroxylation is 1. The van der Waals surface area contributed by atoms with Gasteiger partial charge in [0.2, 0.25) is 11.9 Å². The summed E-state index contributed by atoms with van der Waals surface area (Å²) in [7, 11) is -3.64. The molecule has 0 amide bonds. The van der Waals surface area contributed by atoms with E-state index in [0.29, 0.717) is 41.1 Å². The van der Waals surface area contributed by atoms with Crippen LogP contribution in [0.15, 0.2) is 117 Å². The number of carboxylic acid groups (broad SMARTS) is 1. The first kappa shape index (κ1) is 46.2. The van der Waals surface area contributed by atoms with Crippen LogP contribution in [0.4, 0.5) is 29.0 Å². The van der Waals surface area contributed by atoms with Gasteiger partial charge in [0.25, 0.3) is 15.7 Å². The molecule has 0 atom stereocenters. The average molecular weight is 970 g/mol. The molecule has 7 N–H and O–H groups in total. The predicted molar refractivity (Wildman–Crippen MR) is 240 cm³/mol. The van der Waals surface area contributed by atoms with Crippen LogP contribution in [0.1, 0.15) is 49.1 Å². The Morgan fingerprint density at radius 3 is 2.18 bits per heavy atom. The first-order valence-electron chi connectivity index (χ1n) is 19.2. The fourth-order valence-corrected chi connectivity index (χ4v) is 8.81. The number of fused-ring (bicyclic) bond motifs is 2. The van der Waals surface area contributed by atoms with Crippen LogP contribution in [0.5, 0.6) is 11.8 Å². The van der Waals surface area contributed by atoms with Crippen molar-refractivity contribution < 1.29 is 66.5 Å². The first-order valence-corrected chi connectivity index (χ1v) is 22.1. The molecule has 1 aliphatic carbocycles. The quantitative estimate of drug-likeness (QED) is 0.0142. The van der Waals surface area contributed by atoms with E-state index >= 15 is 0 Å². The van der Waals surface area contributed by atoms with E-state index in [1.807, 2.05) is 0 Å². The average Bonchev–Trinajstić information content (AvgIpc) is 3.31. The molecule has 0 fully saturated rings. The number of ketones is 2. The molecule has 0 unspecified atom stereocenters. The Hall–Kier alpha value is -7.30. The number of nitrogens with one attached hydrogen (secondary N) is 3. The highest BCUT2D eigenvalue weighted by molar-refractivity contribution is 7.95. The number of carbonyl (C=O) groups excluding carboxylic acids is 2. The zero-order valence-corrected chi connectivity index (χ0v) is 36.7. The number of hydrogen-bond acceptors (Lipinski definition) is 21. The molecule has 0 aliphatic heterocycles. The van der Waals surface area contributed by atoms with E-state index in [-0.39, 0.29) is 89.9 Å². The van der Waals surface area contributed by atoms with Gasteiger partial charge in [0.15, 0.2) is 11.6 Å². The van der Waals surface area contributed by atoms with Gasteiger partial charge in [-0.1, -0.05) is 46.5 Å². The Balaban J connectivity index is 1.28. The number of aromatic nitrogens is 4. The summed E-state index contributed by atoms with van der Waals surface area (Å²) >= 11 is 0.919. The molecule has 2 heterocycles. The molecular formula is C42H31N7O15S3. The highest BCUT2D eigenvalue weighted by Gasteiger charge is 2.34. The molecule has 5 aromatic carbocycles. The molecule has 8 rings (SSSR count). The summed E-state index contributed by atoms with van der Waals surface area (Å²) in [6, 6.07) is 22.6. The lowest BCUT2D eigenvalue weighted by Gasteiger charge is -2.26. The number of nitrogens with zero attached hydrogens (tertiary/aromatic N) is 4.